The van der Waals surface area contributed by atoms with E-state index < -0.39 is 17.9 Å². The molecule has 1 aromatic heterocycles. The fourth-order valence-electron chi connectivity index (χ4n) is 5.32. The number of nitrogens with two attached hydrogens (primary N) is 1. The van der Waals surface area contributed by atoms with Crippen LogP contribution in [0.15, 0.2) is 86.6 Å². The summed E-state index contributed by atoms with van der Waals surface area (Å²) in [6, 6.07) is 19.3. The van der Waals surface area contributed by atoms with Crippen LogP contribution in [0.25, 0.3) is 16.5 Å². The average molecular weight is 509 g/mol. The van der Waals surface area contributed by atoms with Crippen molar-refractivity contribution in [1.29, 1.82) is 0 Å². The summed E-state index contributed by atoms with van der Waals surface area (Å²) < 4.78 is 15.9. The molecule has 4 aromatic rings. The third-order valence-corrected chi connectivity index (χ3v) is 7.07. The molecule has 3 heterocycles. The maximum Gasteiger partial charge on any atom is 0.263 e. The van der Waals surface area contributed by atoms with Gasteiger partial charge >= 0.3 is 0 Å². The highest BCUT2D eigenvalue weighted by Gasteiger charge is 2.42. The molecular weight excluding hydrogens is 483 g/mol. The molecule has 8 nitrogen and oxygen atoms in total. The van der Waals surface area contributed by atoms with E-state index in [-0.39, 0.29) is 17.9 Å². The topological polar surface area (TPSA) is 109 Å². The Morgan fingerprint density at radius 2 is 1.82 bits per heavy atom. The number of phenolic OH excluding ortho intramolecular Hbond substituents is 1. The number of aromatic hydroxyl groups is 1. The molecule has 0 saturated heterocycles. The molecule has 3 N–H and O–H groups in total. The van der Waals surface area contributed by atoms with Crippen molar-refractivity contribution in [3.63, 3.8) is 0 Å². The summed E-state index contributed by atoms with van der Waals surface area (Å²) in [5.74, 6) is -1.06. The summed E-state index contributed by atoms with van der Waals surface area (Å²) in [6.45, 7) is 4.12. The van der Waals surface area contributed by atoms with Crippen molar-refractivity contribution in [1.82, 2.24) is 9.58 Å². The van der Waals surface area contributed by atoms with E-state index in [9.17, 15) is 14.3 Å². The molecule has 0 saturated carbocycles. The molecule has 0 fully saturated rings. The number of fused-ring (bicyclic) bond motifs is 2. The van der Waals surface area contributed by atoms with Gasteiger partial charge in [0, 0.05) is 17.3 Å². The lowest BCUT2D eigenvalue weighted by Crippen LogP contribution is -2.42. The number of amidine groups is 1. The highest BCUT2D eigenvalue weighted by atomic mass is 19.1. The molecule has 0 bridgehead atoms. The van der Waals surface area contributed by atoms with Crippen LogP contribution >= 0.6 is 0 Å². The maximum atomic E-state index is 14.2. The van der Waals surface area contributed by atoms with Crippen LogP contribution in [0.4, 0.5) is 4.39 Å². The van der Waals surface area contributed by atoms with Crippen molar-refractivity contribution in [3.8, 4) is 11.4 Å². The standard InChI is InChI=1S/C29H25FN6O2/c1-16-6-3-4-9-23(16)36-21(11-18-8-5-7-17(2)24(18)29(36)38)14-35-28-25(27(31)32-15-33-28)26(34-35)19-10-20(30)13-22(37)12-19/h3-13,15,25,28,37H,14H2,1-2H3,(H2,31,32,33). The predicted octanol–water partition coefficient (Wildman–Crippen LogP) is 4.01. The van der Waals surface area contributed by atoms with Crippen LogP contribution in [-0.2, 0) is 6.54 Å². The van der Waals surface area contributed by atoms with E-state index in [1.54, 1.807) is 9.58 Å². The summed E-state index contributed by atoms with van der Waals surface area (Å²) in [5.41, 5.74) is 10.3. The lowest BCUT2D eigenvalue weighted by atomic mass is 9.93. The number of rotatable bonds is 4. The monoisotopic (exact) mass is 508 g/mol. The van der Waals surface area contributed by atoms with Crippen LogP contribution in [0.3, 0.4) is 0 Å². The molecule has 0 spiro atoms. The van der Waals surface area contributed by atoms with Gasteiger partial charge in [-0.1, -0.05) is 36.4 Å². The first-order chi connectivity index (χ1) is 18.3. The second-order valence-corrected chi connectivity index (χ2v) is 9.59. The number of aromatic nitrogens is 1. The van der Waals surface area contributed by atoms with Crippen molar-refractivity contribution in [3.05, 3.63) is 105 Å². The zero-order chi connectivity index (χ0) is 26.6. The van der Waals surface area contributed by atoms with E-state index in [0.717, 1.165) is 28.3 Å². The van der Waals surface area contributed by atoms with E-state index in [4.69, 9.17) is 10.8 Å². The number of halogens is 1. The Bertz CT molecular complexity index is 1740. The average Bonchev–Trinajstić information content (AvgIpc) is 3.24. The maximum absolute atomic E-state index is 14.2. The fourth-order valence-corrected chi connectivity index (χ4v) is 5.32. The van der Waals surface area contributed by atoms with E-state index in [0.29, 0.717) is 28.2 Å². The smallest absolute Gasteiger partial charge is 0.263 e. The number of nitrogens with zero attached hydrogens (tertiary/aromatic N) is 5. The van der Waals surface area contributed by atoms with Crippen molar-refractivity contribution in [2.45, 2.75) is 26.6 Å². The first-order valence-corrected chi connectivity index (χ1v) is 12.2. The Morgan fingerprint density at radius 1 is 1.03 bits per heavy atom. The van der Waals surface area contributed by atoms with Gasteiger partial charge in [0.15, 0.2) is 6.17 Å². The summed E-state index contributed by atoms with van der Waals surface area (Å²) in [7, 11) is 0. The van der Waals surface area contributed by atoms with Gasteiger partial charge in [-0.3, -0.25) is 14.4 Å². The number of hydrogen-bond acceptors (Lipinski definition) is 7. The van der Waals surface area contributed by atoms with Gasteiger partial charge < -0.3 is 10.8 Å². The molecule has 190 valence electrons. The van der Waals surface area contributed by atoms with Gasteiger partial charge in [0.05, 0.1) is 23.3 Å². The van der Waals surface area contributed by atoms with Crippen molar-refractivity contribution in [2.24, 2.45) is 26.7 Å². The Balaban J connectivity index is 1.53. The van der Waals surface area contributed by atoms with Crippen LogP contribution < -0.4 is 11.3 Å². The molecule has 6 rings (SSSR count). The van der Waals surface area contributed by atoms with Gasteiger partial charge in [-0.25, -0.2) is 14.4 Å². The molecule has 2 unspecified atom stereocenters. The first-order valence-electron chi connectivity index (χ1n) is 12.2. The molecule has 2 atom stereocenters. The lowest BCUT2D eigenvalue weighted by molar-refractivity contribution is 0.210. The minimum atomic E-state index is -0.592. The van der Waals surface area contributed by atoms with Crippen molar-refractivity contribution in [2.75, 3.05) is 0 Å². The van der Waals surface area contributed by atoms with Crippen molar-refractivity contribution < 1.29 is 9.50 Å². The number of pyridine rings is 1. The first kappa shape index (κ1) is 23.6. The summed E-state index contributed by atoms with van der Waals surface area (Å²) >= 11 is 0. The number of aryl methyl sites for hydroxylation is 2. The molecule has 2 aliphatic heterocycles. The van der Waals surface area contributed by atoms with Gasteiger partial charge in [-0.05, 0) is 54.6 Å². The second kappa shape index (κ2) is 8.95. The van der Waals surface area contributed by atoms with Crippen LogP contribution in [0.1, 0.15) is 22.4 Å². The van der Waals surface area contributed by atoms with Gasteiger partial charge in [0.2, 0.25) is 0 Å². The molecule has 0 amide bonds. The Morgan fingerprint density at radius 3 is 2.61 bits per heavy atom. The lowest BCUT2D eigenvalue weighted by Gasteiger charge is -2.27. The summed E-state index contributed by atoms with van der Waals surface area (Å²) in [6.07, 6.45) is 0.852. The Kier molecular flexibility index (Phi) is 5.56. The Hall–Kier alpha value is -4.79. The largest absolute Gasteiger partial charge is 0.508 e. The Labute approximate surface area is 217 Å². The van der Waals surface area contributed by atoms with Crippen LogP contribution in [0.5, 0.6) is 5.75 Å². The summed E-state index contributed by atoms with van der Waals surface area (Å²) in [4.78, 5) is 22.7. The van der Waals surface area contributed by atoms with E-state index >= 15 is 0 Å². The molecule has 0 radical (unpaired) electrons. The molecule has 3 aromatic carbocycles. The minimum absolute atomic E-state index is 0.117. The SMILES string of the molecule is Cc1ccccc1-n1c(CN2N=C(c3cc(O)cc(F)c3)C3C(N)=NC=NC32)cc2cccc(C)c2c1=O. The van der Waals surface area contributed by atoms with Gasteiger partial charge in [0.25, 0.3) is 5.56 Å². The fraction of sp³-hybridized carbons (Fsp3) is 0.172. The summed E-state index contributed by atoms with van der Waals surface area (Å²) in [5, 5.41) is 18.0. The quantitative estimate of drug-likeness (QED) is 0.434. The number of aliphatic imine (C=N–C) groups is 2. The van der Waals surface area contributed by atoms with Crippen molar-refractivity contribution >= 4 is 28.7 Å². The second-order valence-electron chi connectivity index (χ2n) is 9.59. The third-order valence-electron chi connectivity index (χ3n) is 7.07. The van der Waals surface area contributed by atoms with Gasteiger partial charge in [0.1, 0.15) is 29.7 Å². The van der Waals surface area contributed by atoms with Crippen LogP contribution in [0, 0.1) is 25.6 Å². The van der Waals surface area contributed by atoms with E-state index in [2.05, 4.69) is 9.98 Å². The van der Waals surface area contributed by atoms with Gasteiger partial charge in [-0.2, -0.15) is 5.10 Å². The number of phenols is 1. The third kappa shape index (κ3) is 3.83. The predicted molar refractivity (Wildman–Crippen MR) is 147 cm³/mol. The van der Waals surface area contributed by atoms with Gasteiger partial charge in [-0.15, -0.1) is 0 Å². The molecule has 0 aliphatic carbocycles. The minimum Gasteiger partial charge on any atom is -0.508 e. The normalized spacial score (nSPS) is 18.4. The van der Waals surface area contributed by atoms with Crippen LogP contribution in [-0.4, -0.2) is 38.7 Å². The number of para-hydroxylation sites is 1. The molecular formula is C29H25FN6O2. The highest BCUT2D eigenvalue weighted by Crippen LogP contribution is 2.32. The van der Waals surface area contributed by atoms with E-state index in [1.165, 1.54) is 18.5 Å². The van der Waals surface area contributed by atoms with Crippen LogP contribution in [0.2, 0.25) is 0 Å². The zero-order valence-corrected chi connectivity index (χ0v) is 20.8. The molecule has 9 heteroatoms. The number of hydrogen-bond donors (Lipinski definition) is 2. The van der Waals surface area contributed by atoms with E-state index in [1.807, 2.05) is 62.4 Å². The number of benzene rings is 3. The number of hydrazone groups is 1. The molecule has 2 aliphatic rings. The molecule has 38 heavy (non-hydrogen) atoms. The highest BCUT2D eigenvalue weighted by molar-refractivity contribution is 6.17. The zero-order valence-electron chi connectivity index (χ0n) is 20.8.